The number of nitrogens with one attached hydrogen (secondary N) is 1. The van der Waals surface area contributed by atoms with Gasteiger partial charge in [-0.2, -0.15) is 0 Å². The molecular weight excluding hydrogens is 244 g/mol. The minimum Gasteiger partial charge on any atom is -0.397 e. The summed E-state index contributed by atoms with van der Waals surface area (Å²) in [5.41, 5.74) is 7.34. The molecule has 0 radical (unpaired) electrons. The number of nitrogen functional groups attached to an aromatic ring is 1. The van der Waals surface area contributed by atoms with Gasteiger partial charge in [-0.1, -0.05) is 15.9 Å². The van der Waals surface area contributed by atoms with Crippen LogP contribution >= 0.6 is 15.9 Å². The monoisotopic (exact) mass is 256 g/mol. The predicted molar refractivity (Wildman–Crippen MR) is 61.2 cm³/mol. The number of anilines is 2. The van der Waals surface area contributed by atoms with E-state index in [1.54, 1.807) is 0 Å². The van der Waals surface area contributed by atoms with E-state index < -0.39 is 0 Å². The van der Waals surface area contributed by atoms with Crippen molar-refractivity contribution in [2.75, 3.05) is 17.7 Å². The van der Waals surface area contributed by atoms with E-state index in [1.165, 1.54) is 0 Å². The fraction of sp³-hybridized carbons (Fsp3) is 0.400. The van der Waals surface area contributed by atoms with Gasteiger partial charge in [0.05, 0.1) is 23.5 Å². The van der Waals surface area contributed by atoms with Crippen LogP contribution in [0, 0.1) is 0 Å². The van der Waals surface area contributed by atoms with Crippen molar-refractivity contribution in [2.45, 2.75) is 18.4 Å². The number of halogens is 1. The summed E-state index contributed by atoms with van der Waals surface area (Å²) in [6.45, 7) is 0.169. The molecule has 1 aromatic rings. The molecule has 0 atom stereocenters. The third kappa shape index (κ3) is 1.86. The molecule has 0 bridgehead atoms. The Kier molecular flexibility index (Phi) is 2.41. The van der Waals surface area contributed by atoms with Crippen molar-refractivity contribution in [3.63, 3.8) is 0 Å². The number of hydrogen-bond acceptors (Lipinski definition) is 3. The molecule has 1 fully saturated rings. The fourth-order valence-electron chi connectivity index (χ4n) is 1.41. The lowest BCUT2D eigenvalue weighted by atomic mass is 10.2. The molecule has 1 saturated carbocycles. The van der Waals surface area contributed by atoms with Crippen molar-refractivity contribution in [3.05, 3.63) is 22.7 Å². The second-order valence-corrected chi connectivity index (χ2v) is 4.71. The van der Waals surface area contributed by atoms with Crippen molar-refractivity contribution in [1.82, 2.24) is 0 Å². The lowest BCUT2D eigenvalue weighted by molar-refractivity contribution is 0.266. The lowest BCUT2D eigenvalue weighted by Gasteiger charge is -2.17. The zero-order valence-corrected chi connectivity index (χ0v) is 9.34. The van der Waals surface area contributed by atoms with E-state index in [4.69, 9.17) is 10.8 Å². The smallest absolute Gasteiger partial charge is 0.0661 e. The van der Waals surface area contributed by atoms with Crippen molar-refractivity contribution < 1.29 is 5.11 Å². The fourth-order valence-corrected chi connectivity index (χ4v) is 1.79. The van der Waals surface area contributed by atoms with Crippen LogP contribution in [0.15, 0.2) is 22.7 Å². The molecule has 0 unspecified atom stereocenters. The Morgan fingerprint density at radius 2 is 2.21 bits per heavy atom. The zero-order chi connectivity index (χ0) is 10.2. The molecule has 0 spiro atoms. The first-order valence-corrected chi connectivity index (χ1v) is 5.39. The summed E-state index contributed by atoms with van der Waals surface area (Å²) in [4.78, 5) is 0. The second-order valence-electron chi connectivity index (χ2n) is 3.80. The molecular formula is C10H13BrN2O. The minimum atomic E-state index is -0.109. The molecule has 1 aliphatic rings. The molecule has 14 heavy (non-hydrogen) atoms. The van der Waals surface area contributed by atoms with Gasteiger partial charge in [-0.25, -0.2) is 0 Å². The van der Waals surface area contributed by atoms with Crippen LogP contribution in [0.3, 0.4) is 0 Å². The van der Waals surface area contributed by atoms with Gasteiger partial charge in [0.25, 0.3) is 0 Å². The van der Waals surface area contributed by atoms with Gasteiger partial charge in [0.1, 0.15) is 0 Å². The number of aliphatic hydroxyl groups is 1. The molecule has 4 N–H and O–H groups in total. The molecule has 76 valence electrons. The zero-order valence-electron chi connectivity index (χ0n) is 7.76. The van der Waals surface area contributed by atoms with Crippen molar-refractivity contribution in [3.8, 4) is 0 Å². The summed E-state index contributed by atoms with van der Waals surface area (Å²) in [6, 6.07) is 5.72. The predicted octanol–water partition coefficient (Wildman–Crippen LogP) is 1.97. The normalized spacial score (nSPS) is 17.9. The van der Waals surface area contributed by atoms with Gasteiger partial charge in [-0.05, 0) is 31.0 Å². The largest absolute Gasteiger partial charge is 0.397 e. The third-order valence-corrected chi connectivity index (χ3v) is 3.06. The number of benzene rings is 1. The van der Waals surface area contributed by atoms with Crippen molar-refractivity contribution in [2.24, 2.45) is 0 Å². The summed E-state index contributed by atoms with van der Waals surface area (Å²) in [6.07, 6.45) is 2.03. The molecule has 0 aromatic heterocycles. The van der Waals surface area contributed by atoms with Gasteiger partial charge in [-0.3, -0.25) is 0 Å². The van der Waals surface area contributed by atoms with Crippen LogP contribution in [-0.4, -0.2) is 17.3 Å². The molecule has 4 heteroatoms. The molecule has 3 nitrogen and oxygen atoms in total. The highest BCUT2D eigenvalue weighted by molar-refractivity contribution is 9.10. The Labute approximate surface area is 91.4 Å². The van der Waals surface area contributed by atoms with Gasteiger partial charge in [0.2, 0.25) is 0 Å². The van der Waals surface area contributed by atoms with Crippen LogP contribution in [0.2, 0.25) is 0 Å². The summed E-state index contributed by atoms with van der Waals surface area (Å²) >= 11 is 3.35. The van der Waals surface area contributed by atoms with Gasteiger partial charge in [0.15, 0.2) is 0 Å². The molecule has 1 aliphatic carbocycles. The van der Waals surface area contributed by atoms with Gasteiger partial charge in [0, 0.05) is 4.47 Å². The average molecular weight is 257 g/mol. The Balaban J connectivity index is 2.17. The lowest BCUT2D eigenvalue weighted by Crippen LogP contribution is -2.26. The van der Waals surface area contributed by atoms with Crippen molar-refractivity contribution in [1.29, 1.82) is 0 Å². The van der Waals surface area contributed by atoms with E-state index in [0.717, 1.165) is 23.0 Å². The van der Waals surface area contributed by atoms with E-state index in [1.807, 2.05) is 18.2 Å². The first-order chi connectivity index (χ1) is 6.65. The molecule has 0 heterocycles. The van der Waals surface area contributed by atoms with Crippen LogP contribution in [-0.2, 0) is 0 Å². The van der Waals surface area contributed by atoms with Gasteiger partial charge < -0.3 is 16.2 Å². The van der Waals surface area contributed by atoms with E-state index >= 15 is 0 Å². The maximum Gasteiger partial charge on any atom is 0.0661 e. The number of rotatable bonds is 3. The first-order valence-electron chi connectivity index (χ1n) is 4.59. The number of nitrogens with two attached hydrogens (primary N) is 1. The van der Waals surface area contributed by atoms with Gasteiger partial charge >= 0.3 is 0 Å². The molecule has 0 saturated heterocycles. The summed E-state index contributed by atoms with van der Waals surface area (Å²) in [7, 11) is 0. The first kappa shape index (κ1) is 9.80. The topological polar surface area (TPSA) is 58.3 Å². The van der Waals surface area contributed by atoms with Gasteiger partial charge in [-0.15, -0.1) is 0 Å². The van der Waals surface area contributed by atoms with Crippen LogP contribution in [0.25, 0.3) is 0 Å². The van der Waals surface area contributed by atoms with Crippen LogP contribution in [0.1, 0.15) is 12.8 Å². The maximum atomic E-state index is 9.15. The van der Waals surface area contributed by atoms with E-state index in [2.05, 4.69) is 21.2 Å². The van der Waals surface area contributed by atoms with Crippen molar-refractivity contribution >= 4 is 27.3 Å². The average Bonchev–Trinajstić information content (AvgIpc) is 2.91. The summed E-state index contributed by atoms with van der Waals surface area (Å²) < 4.78 is 0.967. The maximum absolute atomic E-state index is 9.15. The van der Waals surface area contributed by atoms with E-state index in [0.29, 0.717) is 5.69 Å². The summed E-state index contributed by atoms with van der Waals surface area (Å²) in [5.74, 6) is 0. The Bertz CT molecular complexity index is 350. The third-order valence-electron chi connectivity index (χ3n) is 2.57. The molecule has 1 aromatic carbocycles. The Morgan fingerprint density at radius 1 is 1.50 bits per heavy atom. The second kappa shape index (κ2) is 3.44. The minimum absolute atomic E-state index is 0.109. The highest BCUT2D eigenvalue weighted by atomic mass is 79.9. The number of aliphatic hydroxyl groups excluding tert-OH is 1. The molecule has 0 aliphatic heterocycles. The van der Waals surface area contributed by atoms with Crippen LogP contribution in [0.5, 0.6) is 0 Å². The number of hydrogen-bond donors (Lipinski definition) is 3. The van der Waals surface area contributed by atoms with E-state index in [-0.39, 0.29) is 12.1 Å². The highest BCUT2D eigenvalue weighted by Gasteiger charge is 2.42. The van der Waals surface area contributed by atoms with Crippen LogP contribution < -0.4 is 11.1 Å². The summed E-state index contributed by atoms with van der Waals surface area (Å²) in [5, 5.41) is 12.4. The van der Waals surface area contributed by atoms with Crippen LogP contribution in [0.4, 0.5) is 11.4 Å². The molecule has 2 rings (SSSR count). The quantitative estimate of drug-likeness (QED) is 0.725. The van der Waals surface area contributed by atoms with E-state index in [9.17, 15) is 0 Å². The highest BCUT2D eigenvalue weighted by Crippen LogP contribution is 2.39. The SMILES string of the molecule is Nc1cc(Br)ccc1NC1(CO)CC1. The molecule has 0 amide bonds. The standard InChI is InChI=1S/C10H13BrN2O/c11-7-1-2-9(8(12)5-7)13-10(6-14)3-4-10/h1-2,5,13-14H,3-4,6,12H2. The Morgan fingerprint density at radius 3 is 2.71 bits per heavy atom. The Hall–Kier alpha value is -0.740.